The molecule has 1 N–H and O–H groups in total. The predicted molar refractivity (Wildman–Crippen MR) is 86.1 cm³/mol. The molecule has 0 aliphatic heterocycles. The molecular weight excluding hydrogens is 364 g/mol. The van der Waals surface area contributed by atoms with Crippen molar-refractivity contribution in [3.63, 3.8) is 0 Å². The van der Waals surface area contributed by atoms with Crippen molar-refractivity contribution in [3.05, 3.63) is 67.9 Å². The lowest BCUT2D eigenvalue weighted by Gasteiger charge is -2.18. The lowest BCUT2D eigenvalue weighted by molar-refractivity contribution is 0.533. The molecule has 5 heteroatoms. The highest BCUT2D eigenvalue weighted by Gasteiger charge is 2.15. The van der Waals surface area contributed by atoms with E-state index < -0.39 is 0 Å². The van der Waals surface area contributed by atoms with Gasteiger partial charge in [0.25, 0.3) is 0 Å². The Morgan fingerprint density at radius 1 is 1.15 bits per heavy atom. The van der Waals surface area contributed by atoms with E-state index in [1.165, 1.54) is 6.07 Å². The Morgan fingerprint density at radius 2 is 1.90 bits per heavy atom. The molecule has 0 aliphatic carbocycles. The smallest absolute Gasteiger partial charge is 0.129 e. The standard InChI is InChI=1S/C15H13BrCl2FN/c1-20-15(11-4-3-10(16)8-14(11)19)7-9-2-5-12(17)13(18)6-9/h2-6,8,15,20H,7H2,1H3. The topological polar surface area (TPSA) is 12.0 Å². The zero-order valence-corrected chi connectivity index (χ0v) is 13.9. The van der Waals surface area contributed by atoms with E-state index in [9.17, 15) is 4.39 Å². The highest BCUT2D eigenvalue weighted by molar-refractivity contribution is 9.10. The minimum atomic E-state index is -0.237. The van der Waals surface area contributed by atoms with E-state index in [0.29, 0.717) is 22.0 Å². The molecule has 0 amide bonds. The van der Waals surface area contributed by atoms with Crippen molar-refractivity contribution in [2.45, 2.75) is 12.5 Å². The van der Waals surface area contributed by atoms with Crippen LogP contribution in [-0.4, -0.2) is 7.05 Å². The predicted octanol–water partition coefficient (Wildman–Crippen LogP) is 5.40. The second-order valence-electron chi connectivity index (χ2n) is 4.46. The van der Waals surface area contributed by atoms with Crippen LogP contribution in [-0.2, 0) is 6.42 Å². The van der Waals surface area contributed by atoms with Crippen LogP contribution in [0, 0.1) is 5.82 Å². The van der Waals surface area contributed by atoms with Gasteiger partial charge >= 0.3 is 0 Å². The van der Waals surface area contributed by atoms with Crippen LogP contribution in [0.2, 0.25) is 10.0 Å². The number of nitrogens with one attached hydrogen (secondary N) is 1. The van der Waals surface area contributed by atoms with Crippen molar-refractivity contribution in [3.8, 4) is 0 Å². The Morgan fingerprint density at radius 3 is 2.50 bits per heavy atom. The number of rotatable bonds is 4. The minimum Gasteiger partial charge on any atom is -0.313 e. The van der Waals surface area contributed by atoms with Gasteiger partial charge in [0.05, 0.1) is 10.0 Å². The first-order chi connectivity index (χ1) is 9.51. The van der Waals surface area contributed by atoms with Crippen molar-refractivity contribution in [2.75, 3.05) is 7.05 Å². The van der Waals surface area contributed by atoms with E-state index in [0.717, 1.165) is 10.0 Å². The summed E-state index contributed by atoms with van der Waals surface area (Å²) in [5.74, 6) is -0.237. The second-order valence-corrected chi connectivity index (χ2v) is 6.19. The maximum atomic E-state index is 14.0. The van der Waals surface area contributed by atoms with Gasteiger partial charge in [-0.15, -0.1) is 0 Å². The molecule has 20 heavy (non-hydrogen) atoms. The highest BCUT2D eigenvalue weighted by atomic mass is 79.9. The molecule has 0 aromatic heterocycles. The van der Waals surface area contributed by atoms with Crippen LogP contribution in [0.3, 0.4) is 0 Å². The second kappa shape index (κ2) is 6.90. The van der Waals surface area contributed by atoms with Crippen LogP contribution in [0.5, 0.6) is 0 Å². The number of hydrogen-bond acceptors (Lipinski definition) is 1. The summed E-state index contributed by atoms with van der Waals surface area (Å²) in [6.45, 7) is 0. The molecule has 0 spiro atoms. The zero-order valence-electron chi connectivity index (χ0n) is 10.8. The molecule has 0 fully saturated rings. The van der Waals surface area contributed by atoms with Gasteiger partial charge in [0.15, 0.2) is 0 Å². The molecule has 1 atom stereocenters. The van der Waals surface area contributed by atoms with Gasteiger partial charge in [-0.25, -0.2) is 4.39 Å². The summed E-state index contributed by atoms with van der Waals surface area (Å²) in [6, 6.07) is 10.4. The summed E-state index contributed by atoms with van der Waals surface area (Å²) >= 11 is 15.2. The highest BCUT2D eigenvalue weighted by Crippen LogP contribution is 2.27. The Balaban J connectivity index is 2.26. The van der Waals surface area contributed by atoms with E-state index in [2.05, 4.69) is 21.2 Å². The molecule has 0 radical (unpaired) electrons. The van der Waals surface area contributed by atoms with E-state index >= 15 is 0 Å². The van der Waals surface area contributed by atoms with Gasteiger partial charge in [-0.3, -0.25) is 0 Å². The third-order valence-electron chi connectivity index (χ3n) is 3.11. The Hall–Kier alpha value is -0.610. The fourth-order valence-electron chi connectivity index (χ4n) is 2.05. The molecule has 0 saturated carbocycles. The number of benzene rings is 2. The van der Waals surface area contributed by atoms with Gasteiger partial charge < -0.3 is 5.32 Å². The summed E-state index contributed by atoms with van der Waals surface area (Å²) in [5, 5.41) is 4.16. The van der Waals surface area contributed by atoms with E-state index in [1.54, 1.807) is 12.1 Å². The maximum absolute atomic E-state index is 14.0. The maximum Gasteiger partial charge on any atom is 0.129 e. The zero-order chi connectivity index (χ0) is 14.7. The Labute approximate surface area is 136 Å². The average Bonchev–Trinajstić information content (AvgIpc) is 2.41. The molecule has 2 aromatic carbocycles. The monoisotopic (exact) mass is 375 g/mol. The van der Waals surface area contributed by atoms with Crippen LogP contribution in [0.15, 0.2) is 40.9 Å². The molecule has 2 aromatic rings. The quantitative estimate of drug-likeness (QED) is 0.753. The molecule has 1 unspecified atom stereocenters. The molecule has 2 rings (SSSR count). The average molecular weight is 377 g/mol. The van der Waals surface area contributed by atoms with E-state index in [4.69, 9.17) is 23.2 Å². The van der Waals surface area contributed by atoms with Crippen molar-refractivity contribution >= 4 is 39.1 Å². The van der Waals surface area contributed by atoms with Crippen LogP contribution >= 0.6 is 39.1 Å². The molecule has 106 valence electrons. The summed E-state index contributed by atoms with van der Waals surface area (Å²) in [7, 11) is 1.81. The van der Waals surface area contributed by atoms with E-state index in [-0.39, 0.29) is 11.9 Å². The first-order valence-electron chi connectivity index (χ1n) is 6.07. The SMILES string of the molecule is CNC(Cc1ccc(Cl)c(Cl)c1)c1ccc(Br)cc1F. The first-order valence-corrected chi connectivity index (χ1v) is 7.62. The van der Waals surface area contributed by atoms with Crippen molar-refractivity contribution in [2.24, 2.45) is 0 Å². The fraction of sp³-hybridized carbons (Fsp3) is 0.200. The number of halogens is 4. The minimum absolute atomic E-state index is 0.125. The molecular formula is C15H13BrCl2FN. The Bertz CT molecular complexity index is 619. The third kappa shape index (κ3) is 3.73. The lowest BCUT2D eigenvalue weighted by atomic mass is 9.98. The number of likely N-dealkylation sites (N-methyl/N-ethyl adjacent to an activating group) is 1. The van der Waals surface area contributed by atoms with Gasteiger partial charge in [0.2, 0.25) is 0 Å². The Kier molecular flexibility index (Phi) is 5.44. The summed E-state index contributed by atoms with van der Waals surface area (Å²) < 4.78 is 14.7. The van der Waals surface area contributed by atoms with Crippen molar-refractivity contribution in [1.82, 2.24) is 5.32 Å². The van der Waals surface area contributed by atoms with Crippen LogP contribution in [0.1, 0.15) is 17.2 Å². The first kappa shape index (κ1) is 15.8. The van der Waals surface area contributed by atoms with Gasteiger partial charge in [0, 0.05) is 16.1 Å². The van der Waals surface area contributed by atoms with Crippen molar-refractivity contribution < 1.29 is 4.39 Å². The van der Waals surface area contributed by atoms with Crippen LogP contribution in [0.25, 0.3) is 0 Å². The molecule has 0 bridgehead atoms. The molecule has 0 aliphatic rings. The fourth-order valence-corrected chi connectivity index (χ4v) is 2.71. The van der Waals surface area contributed by atoms with Crippen LogP contribution in [0.4, 0.5) is 4.39 Å². The van der Waals surface area contributed by atoms with E-state index in [1.807, 2.05) is 25.2 Å². The normalized spacial score (nSPS) is 12.4. The van der Waals surface area contributed by atoms with Gasteiger partial charge in [0.1, 0.15) is 5.82 Å². The molecule has 0 heterocycles. The van der Waals surface area contributed by atoms with Gasteiger partial charge in [-0.1, -0.05) is 51.3 Å². The number of hydrogen-bond donors (Lipinski definition) is 1. The third-order valence-corrected chi connectivity index (χ3v) is 4.34. The van der Waals surface area contributed by atoms with Gasteiger partial charge in [-0.05, 0) is 43.3 Å². The molecule has 0 saturated heterocycles. The van der Waals surface area contributed by atoms with Gasteiger partial charge in [-0.2, -0.15) is 0 Å². The summed E-state index contributed by atoms with van der Waals surface area (Å²) in [6.07, 6.45) is 0.631. The summed E-state index contributed by atoms with van der Waals surface area (Å²) in [4.78, 5) is 0. The summed E-state index contributed by atoms with van der Waals surface area (Å²) in [5.41, 5.74) is 1.63. The largest absolute Gasteiger partial charge is 0.313 e. The van der Waals surface area contributed by atoms with Crippen molar-refractivity contribution in [1.29, 1.82) is 0 Å². The molecule has 1 nitrogen and oxygen atoms in total. The van der Waals surface area contributed by atoms with Crippen LogP contribution < -0.4 is 5.32 Å². The lowest BCUT2D eigenvalue weighted by Crippen LogP contribution is -2.20.